The van der Waals surface area contributed by atoms with Crippen LogP contribution in [-0.2, 0) is 11.0 Å². The van der Waals surface area contributed by atoms with E-state index in [4.69, 9.17) is 0 Å². The summed E-state index contributed by atoms with van der Waals surface area (Å²) in [5.41, 5.74) is 0.220. The topological polar surface area (TPSA) is 49.4 Å². The molecule has 2 aromatic rings. The molecule has 0 aliphatic rings. The maximum atomic E-state index is 12.9. The number of hydrogen-bond donors (Lipinski definition) is 1. The van der Waals surface area contributed by atoms with Gasteiger partial charge in [-0.05, 0) is 43.0 Å². The number of thiophene rings is 1. The molecule has 1 unspecified atom stereocenters. The quantitative estimate of drug-likeness (QED) is 0.747. The van der Waals surface area contributed by atoms with E-state index in [-0.39, 0.29) is 24.8 Å². The van der Waals surface area contributed by atoms with Crippen LogP contribution in [0.4, 0.5) is 13.2 Å². The van der Waals surface area contributed by atoms with E-state index < -0.39 is 17.8 Å². The van der Waals surface area contributed by atoms with Crippen LogP contribution in [0.25, 0.3) is 0 Å². The summed E-state index contributed by atoms with van der Waals surface area (Å²) < 4.78 is 38.7. The summed E-state index contributed by atoms with van der Waals surface area (Å²) in [6.45, 7) is 3.99. The first-order valence-corrected chi connectivity index (χ1v) is 9.45. The van der Waals surface area contributed by atoms with Crippen molar-refractivity contribution in [2.75, 3.05) is 13.1 Å². The molecule has 0 aliphatic heterocycles. The summed E-state index contributed by atoms with van der Waals surface area (Å²) in [5.74, 6) is -0.481. The Labute approximate surface area is 160 Å². The summed E-state index contributed by atoms with van der Waals surface area (Å²) in [4.78, 5) is 25.9. The molecule has 8 heteroatoms. The zero-order valence-corrected chi connectivity index (χ0v) is 15.9. The molecule has 1 aromatic heterocycles. The van der Waals surface area contributed by atoms with E-state index in [1.165, 1.54) is 22.3 Å². The Morgan fingerprint density at radius 2 is 2.00 bits per heavy atom. The third-order valence-electron chi connectivity index (χ3n) is 4.23. The third kappa shape index (κ3) is 5.56. The first-order valence-electron chi connectivity index (χ1n) is 8.51. The molecule has 0 saturated carbocycles. The Kier molecular flexibility index (Phi) is 7.01. The van der Waals surface area contributed by atoms with E-state index in [0.717, 1.165) is 12.1 Å². The van der Waals surface area contributed by atoms with Gasteiger partial charge in [0.1, 0.15) is 0 Å². The molecule has 2 amide bonds. The highest BCUT2D eigenvalue weighted by Crippen LogP contribution is 2.31. The van der Waals surface area contributed by atoms with E-state index in [0.29, 0.717) is 17.7 Å². The Hall–Kier alpha value is -2.35. The lowest BCUT2D eigenvalue weighted by Gasteiger charge is -2.29. The number of alkyl halides is 3. The van der Waals surface area contributed by atoms with Gasteiger partial charge in [-0.25, -0.2) is 0 Å². The fourth-order valence-electron chi connectivity index (χ4n) is 2.74. The molecule has 1 N–H and O–H groups in total. The van der Waals surface area contributed by atoms with Crippen molar-refractivity contribution in [3.05, 3.63) is 57.8 Å². The van der Waals surface area contributed by atoms with Crippen LogP contribution in [0.15, 0.2) is 41.1 Å². The number of benzene rings is 1. The number of nitrogens with zero attached hydrogens (tertiary/aromatic N) is 1. The maximum absolute atomic E-state index is 12.9. The molecule has 0 aliphatic carbocycles. The highest BCUT2D eigenvalue weighted by atomic mass is 32.1. The van der Waals surface area contributed by atoms with Crippen molar-refractivity contribution < 1.29 is 22.8 Å². The van der Waals surface area contributed by atoms with Crippen LogP contribution in [-0.4, -0.2) is 29.8 Å². The number of halogens is 3. The van der Waals surface area contributed by atoms with Gasteiger partial charge >= 0.3 is 6.18 Å². The minimum Gasteiger partial charge on any atom is -0.351 e. The smallest absolute Gasteiger partial charge is 0.351 e. The third-order valence-corrected chi connectivity index (χ3v) is 4.92. The minimum absolute atomic E-state index is 0.0764. The molecule has 0 radical (unpaired) electrons. The Morgan fingerprint density at radius 3 is 2.59 bits per heavy atom. The molecule has 146 valence electrons. The van der Waals surface area contributed by atoms with Crippen LogP contribution in [0.5, 0.6) is 0 Å². The van der Waals surface area contributed by atoms with Gasteiger partial charge in [-0.15, -0.1) is 0 Å². The second kappa shape index (κ2) is 9.03. The average molecular weight is 398 g/mol. The van der Waals surface area contributed by atoms with Gasteiger partial charge in [0.25, 0.3) is 5.91 Å². The minimum atomic E-state index is -4.43. The summed E-state index contributed by atoms with van der Waals surface area (Å²) in [7, 11) is 0. The van der Waals surface area contributed by atoms with E-state index in [2.05, 4.69) is 5.32 Å². The average Bonchev–Trinajstić information content (AvgIpc) is 3.16. The van der Waals surface area contributed by atoms with Crippen LogP contribution in [0.3, 0.4) is 0 Å². The Balaban J connectivity index is 1.98. The predicted octanol–water partition coefficient (Wildman–Crippen LogP) is 4.50. The van der Waals surface area contributed by atoms with Gasteiger partial charge in [0.15, 0.2) is 0 Å². The standard InChI is InChI=1S/C19H21F3N2O2S/c1-3-24(13(2)14-5-4-6-16(11-14)19(20,21)22)17(25)7-9-23-18(26)15-8-10-27-12-15/h4-6,8,10-13H,3,7,9H2,1-2H3,(H,23,26). The zero-order valence-electron chi connectivity index (χ0n) is 15.0. The van der Waals surface area contributed by atoms with E-state index in [1.54, 1.807) is 36.7 Å². The highest BCUT2D eigenvalue weighted by molar-refractivity contribution is 7.08. The molecular formula is C19H21F3N2O2S. The summed E-state index contributed by atoms with van der Waals surface area (Å²) in [6, 6.07) is 6.18. The van der Waals surface area contributed by atoms with Gasteiger partial charge in [-0.1, -0.05) is 12.1 Å². The number of amides is 2. The lowest BCUT2D eigenvalue weighted by molar-refractivity contribution is -0.137. The predicted molar refractivity (Wildman–Crippen MR) is 98.5 cm³/mol. The Morgan fingerprint density at radius 1 is 1.26 bits per heavy atom. The Bertz CT molecular complexity index is 776. The number of carbonyl (C=O) groups excluding carboxylic acids is 2. The van der Waals surface area contributed by atoms with Crippen molar-refractivity contribution in [1.82, 2.24) is 10.2 Å². The molecule has 0 fully saturated rings. The fraction of sp³-hybridized carbons (Fsp3) is 0.368. The number of rotatable bonds is 7. The van der Waals surface area contributed by atoms with Gasteiger partial charge in [0.05, 0.1) is 11.6 Å². The van der Waals surface area contributed by atoms with Gasteiger partial charge in [-0.2, -0.15) is 24.5 Å². The lowest BCUT2D eigenvalue weighted by Crippen LogP contribution is -2.36. The highest BCUT2D eigenvalue weighted by Gasteiger charge is 2.31. The molecule has 27 heavy (non-hydrogen) atoms. The van der Waals surface area contributed by atoms with Crippen molar-refractivity contribution in [2.45, 2.75) is 32.5 Å². The van der Waals surface area contributed by atoms with Crippen LogP contribution >= 0.6 is 11.3 Å². The summed E-state index contributed by atoms with van der Waals surface area (Å²) in [5, 5.41) is 6.17. The molecule has 1 aromatic carbocycles. The molecule has 2 rings (SSSR count). The largest absolute Gasteiger partial charge is 0.416 e. The monoisotopic (exact) mass is 398 g/mol. The first kappa shape index (κ1) is 21.0. The molecule has 4 nitrogen and oxygen atoms in total. The lowest BCUT2D eigenvalue weighted by atomic mass is 10.0. The van der Waals surface area contributed by atoms with Gasteiger partial charge < -0.3 is 10.2 Å². The molecular weight excluding hydrogens is 377 g/mol. The second-order valence-electron chi connectivity index (χ2n) is 6.00. The van der Waals surface area contributed by atoms with E-state index >= 15 is 0 Å². The molecule has 1 atom stereocenters. The van der Waals surface area contributed by atoms with Crippen LogP contribution in [0.1, 0.15) is 47.8 Å². The first-order chi connectivity index (χ1) is 12.7. The molecule has 1 heterocycles. The van der Waals surface area contributed by atoms with E-state index in [9.17, 15) is 22.8 Å². The van der Waals surface area contributed by atoms with Crippen molar-refractivity contribution >= 4 is 23.2 Å². The van der Waals surface area contributed by atoms with Gasteiger partial charge in [0.2, 0.25) is 5.91 Å². The van der Waals surface area contributed by atoms with Crippen molar-refractivity contribution in [2.24, 2.45) is 0 Å². The molecule has 0 spiro atoms. The van der Waals surface area contributed by atoms with Crippen molar-refractivity contribution in [3.8, 4) is 0 Å². The van der Waals surface area contributed by atoms with Crippen molar-refractivity contribution in [1.29, 1.82) is 0 Å². The van der Waals surface area contributed by atoms with E-state index in [1.807, 2.05) is 0 Å². The fourth-order valence-corrected chi connectivity index (χ4v) is 3.38. The number of nitrogens with one attached hydrogen (secondary N) is 1. The van der Waals surface area contributed by atoms with Crippen LogP contribution in [0.2, 0.25) is 0 Å². The molecule has 0 saturated heterocycles. The zero-order chi connectivity index (χ0) is 20.0. The molecule has 0 bridgehead atoms. The summed E-state index contributed by atoms with van der Waals surface area (Å²) in [6.07, 6.45) is -4.35. The SMILES string of the molecule is CCN(C(=O)CCNC(=O)c1ccsc1)C(C)c1cccc(C(F)(F)F)c1. The second-order valence-corrected chi connectivity index (χ2v) is 6.78. The van der Waals surface area contributed by atoms with Gasteiger partial charge in [-0.3, -0.25) is 9.59 Å². The normalized spacial score (nSPS) is 12.5. The number of carbonyl (C=O) groups is 2. The summed E-state index contributed by atoms with van der Waals surface area (Å²) >= 11 is 1.40. The number of hydrogen-bond acceptors (Lipinski definition) is 3. The van der Waals surface area contributed by atoms with Gasteiger partial charge in [0, 0.05) is 30.5 Å². The van der Waals surface area contributed by atoms with Crippen LogP contribution < -0.4 is 5.32 Å². The maximum Gasteiger partial charge on any atom is 0.416 e. The van der Waals surface area contributed by atoms with Crippen LogP contribution in [0, 0.1) is 0 Å². The van der Waals surface area contributed by atoms with Crippen molar-refractivity contribution in [3.63, 3.8) is 0 Å².